The van der Waals surface area contributed by atoms with Gasteiger partial charge >= 0.3 is 5.97 Å². The maximum absolute atomic E-state index is 12.0. The Morgan fingerprint density at radius 2 is 2.05 bits per heavy atom. The van der Waals surface area contributed by atoms with Gasteiger partial charge in [-0.05, 0) is 24.3 Å². The topological polar surface area (TPSA) is 98.7 Å². The number of piperazine rings is 1. The maximum atomic E-state index is 12.0. The second kappa shape index (κ2) is 6.68. The lowest BCUT2D eigenvalue weighted by Gasteiger charge is -2.31. The summed E-state index contributed by atoms with van der Waals surface area (Å²) in [6.45, 7) is -0.259. The minimum absolute atomic E-state index is 0.000267. The fourth-order valence-electron chi connectivity index (χ4n) is 2.02. The molecule has 3 N–H and O–H groups in total. The number of aliphatic carboxylic acids is 1. The fourth-order valence-corrected chi connectivity index (χ4v) is 2.28. The average Bonchev–Trinajstić information content (AvgIpc) is 2.41. The molecular formula is C13H14BrN3O4. The van der Waals surface area contributed by atoms with E-state index in [4.69, 9.17) is 5.11 Å². The van der Waals surface area contributed by atoms with Crippen LogP contribution in [0.4, 0.5) is 5.69 Å². The summed E-state index contributed by atoms with van der Waals surface area (Å²) < 4.78 is 0.888. The van der Waals surface area contributed by atoms with Gasteiger partial charge in [-0.1, -0.05) is 15.9 Å². The standard InChI is InChI=1S/C13H14BrN3O4/c14-8-1-3-9(4-2-8)16-12(19)7-17-6-11(18)15-5-10(17)13(20)21/h1-4,10H,5-7H2,(H,15,18)(H,16,19)(H,20,21). The lowest BCUT2D eigenvalue weighted by molar-refractivity contribution is -0.146. The predicted octanol–water partition coefficient (Wildman–Crippen LogP) is 0.273. The van der Waals surface area contributed by atoms with Gasteiger partial charge in [0.25, 0.3) is 0 Å². The second-order valence-corrected chi connectivity index (χ2v) is 5.53. The Hall–Kier alpha value is -1.93. The summed E-state index contributed by atoms with van der Waals surface area (Å²) in [4.78, 5) is 35.7. The van der Waals surface area contributed by atoms with Gasteiger partial charge in [0.05, 0.1) is 13.1 Å². The van der Waals surface area contributed by atoms with Gasteiger partial charge in [0.1, 0.15) is 6.04 Å². The molecule has 1 heterocycles. The molecule has 7 nitrogen and oxygen atoms in total. The lowest BCUT2D eigenvalue weighted by Crippen LogP contribution is -2.58. The lowest BCUT2D eigenvalue weighted by atomic mass is 10.2. The van der Waals surface area contributed by atoms with E-state index in [0.717, 1.165) is 4.47 Å². The molecule has 1 atom stereocenters. The van der Waals surface area contributed by atoms with Crippen molar-refractivity contribution in [1.29, 1.82) is 0 Å². The second-order valence-electron chi connectivity index (χ2n) is 4.62. The van der Waals surface area contributed by atoms with E-state index in [1.165, 1.54) is 4.90 Å². The van der Waals surface area contributed by atoms with Crippen LogP contribution >= 0.6 is 15.9 Å². The summed E-state index contributed by atoms with van der Waals surface area (Å²) in [6.07, 6.45) is 0. The van der Waals surface area contributed by atoms with Crippen LogP contribution < -0.4 is 10.6 Å². The third-order valence-corrected chi connectivity index (χ3v) is 3.57. The Kier molecular flexibility index (Phi) is 4.92. The van der Waals surface area contributed by atoms with Crippen LogP contribution in [-0.2, 0) is 14.4 Å². The van der Waals surface area contributed by atoms with Crippen LogP contribution in [0.15, 0.2) is 28.7 Å². The van der Waals surface area contributed by atoms with Gasteiger partial charge in [0.2, 0.25) is 11.8 Å². The van der Waals surface area contributed by atoms with Crippen molar-refractivity contribution in [3.05, 3.63) is 28.7 Å². The summed E-state index contributed by atoms with van der Waals surface area (Å²) in [7, 11) is 0. The number of benzene rings is 1. The highest BCUT2D eigenvalue weighted by molar-refractivity contribution is 9.10. The van der Waals surface area contributed by atoms with Crippen LogP contribution in [0.1, 0.15) is 0 Å². The summed E-state index contributed by atoms with van der Waals surface area (Å²) in [5.41, 5.74) is 0.608. The molecule has 1 unspecified atom stereocenters. The molecular weight excluding hydrogens is 342 g/mol. The molecule has 0 spiro atoms. The number of nitrogens with one attached hydrogen (secondary N) is 2. The molecule has 1 saturated heterocycles. The number of hydrogen-bond acceptors (Lipinski definition) is 4. The van der Waals surface area contributed by atoms with Crippen molar-refractivity contribution < 1.29 is 19.5 Å². The van der Waals surface area contributed by atoms with Crippen molar-refractivity contribution in [3.8, 4) is 0 Å². The first kappa shape index (κ1) is 15.5. The number of halogens is 1. The van der Waals surface area contributed by atoms with E-state index in [9.17, 15) is 14.4 Å². The van der Waals surface area contributed by atoms with Crippen molar-refractivity contribution in [2.24, 2.45) is 0 Å². The van der Waals surface area contributed by atoms with E-state index in [2.05, 4.69) is 26.6 Å². The number of anilines is 1. The Bertz CT molecular complexity index is 561. The Morgan fingerprint density at radius 3 is 2.67 bits per heavy atom. The molecule has 2 rings (SSSR count). The third-order valence-electron chi connectivity index (χ3n) is 3.04. The van der Waals surface area contributed by atoms with Gasteiger partial charge in [-0.3, -0.25) is 19.3 Å². The van der Waals surface area contributed by atoms with Crippen molar-refractivity contribution in [2.45, 2.75) is 6.04 Å². The summed E-state index contributed by atoms with van der Waals surface area (Å²) in [5.74, 6) is -1.71. The summed E-state index contributed by atoms with van der Waals surface area (Å²) in [5, 5.41) is 14.2. The molecule has 0 bridgehead atoms. The van der Waals surface area contributed by atoms with Gasteiger partial charge in [0.15, 0.2) is 0 Å². The number of rotatable bonds is 4. The van der Waals surface area contributed by atoms with Crippen LogP contribution in [0.5, 0.6) is 0 Å². The minimum Gasteiger partial charge on any atom is -0.480 e. The van der Waals surface area contributed by atoms with Crippen molar-refractivity contribution in [2.75, 3.05) is 25.0 Å². The largest absolute Gasteiger partial charge is 0.480 e. The number of carbonyl (C=O) groups is 3. The first-order valence-corrected chi connectivity index (χ1v) is 7.04. The van der Waals surface area contributed by atoms with Crippen molar-refractivity contribution in [3.63, 3.8) is 0 Å². The van der Waals surface area contributed by atoms with Crippen LogP contribution in [0.25, 0.3) is 0 Å². The summed E-state index contributed by atoms with van der Waals surface area (Å²) in [6, 6.07) is 6.12. The molecule has 21 heavy (non-hydrogen) atoms. The van der Waals surface area contributed by atoms with E-state index in [1.807, 2.05) is 0 Å². The molecule has 112 valence electrons. The minimum atomic E-state index is -1.06. The molecule has 2 amide bonds. The highest BCUT2D eigenvalue weighted by atomic mass is 79.9. The van der Waals surface area contributed by atoms with Crippen molar-refractivity contribution in [1.82, 2.24) is 10.2 Å². The number of nitrogens with zero attached hydrogens (tertiary/aromatic N) is 1. The van der Waals surface area contributed by atoms with Crippen LogP contribution in [0.3, 0.4) is 0 Å². The smallest absolute Gasteiger partial charge is 0.322 e. The number of carbonyl (C=O) groups excluding carboxylic acids is 2. The van der Waals surface area contributed by atoms with Crippen LogP contribution in [-0.4, -0.2) is 53.5 Å². The van der Waals surface area contributed by atoms with Gasteiger partial charge in [-0.2, -0.15) is 0 Å². The molecule has 1 aromatic rings. The molecule has 1 fully saturated rings. The zero-order valence-corrected chi connectivity index (χ0v) is 12.6. The normalized spacial score (nSPS) is 18.9. The Balaban J connectivity index is 1.97. The Morgan fingerprint density at radius 1 is 1.38 bits per heavy atom. The van der Waals surface area contributed by atoms with Crippen molar-refractivity contribution >= 4 is 39.4 Å². The SMILES string of the molecule is O=C1CN(CC(=O)Nc2ccc(Br)cc2)C(C(=O)O)CN1. The van der Waals surface area contributed by atoms with Gasteiger partial charge in [0, 0.05) is 16.7 Å². The van der Waals surface area contributed by atoms with Crippen LogP contribution in [0, 0.1) is 0 Å². The summed E-state index contributed by atoms with van der Waals surface area (Å²) >= 11 is 3.29. The first-order valence-electron chi connectivity index (χ1n) is 6.24. The molecule has 0 aliphatic carbocycles. The van der Waals surface area contributed by atoms with Gasteiger partial charge in [-0.25, -0.2) is 0 Å². The van der Waals surface area contributed by atoms with Gasteiger partial charge < -0.3 is 15.7 Å². The monoisotopic (exact) mass is 355 g/mol. The maximum Gasteiger partial charge on any atom is 0.322 e. The molecule has 1 aliphatic heterocycles. The number of carboxylic acid groups (broad SMARTS) is 1. The molecule has 0 radical (unpaired) electrons. The van der Waals surface area contributed by atoms with E-state index in [0.29, 0.717) is 5.69 Å². The van der Waals surface area contributed by atoms with Crippen LogP contribution in [0.2, 0.25) is 0 Å². The Labute approximate surface area is 129 Å². The quantitative estimate of drug-likeness (QED) is 0.720. The number of carboxylic acids is 1. The molecule has 8 heteroatoms. The molecule has 1 aromatic carbocycles. The zero-order chi connectivity index (χ0) is 15.4. The average molecular weight is 356 g/mol. The van der Waals surface area contributed by atoms with E-state index in [-0.39, 0.29) is 31.4 Å². The zero-order valence-electron chi connectivity index (χ0n) is 11.0. The molecule has 1 aliphatic rings. The van der Waals surface area contributed by atoms with E-state index >= 15 is 0 Å². The highest BCUT2D eigenvalue weighted by Crippen LogP contribution is 2.14. The predicted molar refractivity (Wildman–Crippen MR) is 78.8 cm³/mol. The third kappa shape index (κ3) is 4.27. The number of amides is 2. The van der Waals surface area contributed by atoms with E-state index < -0.39 is 12.0 Å². The number of hydrogen-bond donors (Lipinski definition) is 3. The first-order chi connectivity index (χ1) is 9.95. The van der Waals surface area contributed by atoms with E-state index in [1.54, 1.807) is 24.3 Å². The van der Waals surface area contributed by atoms with Gasteiger partial charge in [-0.15, -0.1) is 0 Å². The molecule has 0 saturated carbocycles. The molecule has 0 aromatic heterocycles. The highest BCUT2D eigenvalue weighted by Gasteiger charge is 2.32. The fraction of sp³-hybridized carbons (Fsp3) is 0.308.